The summed E-state index contributed by atoms with van der Waals surface area (Å²) in [5.74, 6) is 0.947. The largest absolute Gasteiger partial charge is 0.340 e. The predicted molar refractivity (Wildman–Crippen MR) is 66.4 cm³/mol. The van der Waals surface area contributed by atoms with Gasteiger partial charge < -0.3 is 15.1 Å². The van der Waals surface area contributed by atoms with Crippen molar-refractivity contribution in [1.29, 1.82) is 0 Å². The first-order valence-corrected chi connectivity index (χ1v) is 6.26. The van der Waals surface area contributed by atoms with Gasteiger partial charge in [0.05, 0.1) is 0 Å². The Balaban J connectivity index is 2.10. The van der Waals surface area contributed by atoms with Crippen molar-refractivity contribution in [3.05, 3.63) is 0 Å². The van der Waals surface area contributed by atoms with Gasteiger partial charge in [-0.1, -0.05) is 13.8 Å². The summed E-state index contributed by atoms with van der Waals surface area (Å²) in [6.07, 6.45) is 0.635. The van der Waals surface area contributed by atoms with Crippen LogP contribution < -0.4 is 5.32 Å². The summed E-state index contributed by atoms with van der Waals surface area (Å²) in [5.41, 5.74) is 0. The zero-order valence-electron chi connectivity index (χ0n) is 10.8. The van der Waals surface area contributed by atoms with Crippen molar-refractivity contribution in [3.63, 3.8) is 0 Å². The molecule has 1 aliphatic rings. The number of amides is 1. The number of likely N-dealkylation sites (N-methyl/N-ethyl adjacent to an activating group) is 1. The van der Waals surface area contributed by atoms with E-state index in [-0.39, 0.29) is 0 Å². The summed E-state index contributed by atoms with van der Waals surface area (Å²) in [6.45, 7) is 9.94. The van der Waals surface area contributed by atoms with E-state index in [9.17, 15) is 4.79 Å². The molecule has 94 valence electrons. The fourth-order valence-corrected chi connectivity index (χ4v) is 1.80. The molecule has 1 N–H and O–H groups in total. The zero-order chi connectivity index (χ0) is 12.0. The van der Waals surface area contributed by atoms with Crippen LogP contribution in [0.2, 0.25) is 0 Å². The van der Waals surface area contributed by atoms with Crippen molar-refractivity contribution in [1.82, 2.24) is 15.1 Å². The summed E-state index contributed by atoms with van der Waals surface area (Å²) in [5, 5.41) is 3.31. The van der Waals surface area contributed by atoms with E-state index in [1.807, 2.05) is 4.90 Å². The van der Waals surface area contributed by atoms with Crippen LogP contribution in [0.5, 0.6) is 0 Å². The molecule has 1 fully saturated rings. The molecule has 1 rings (SSSR count). The highest BCUT2D eigenvalue weighted by Gasteiger charge is 2.18. The van der Waals surface area contributed by atoms with Gasteiger partial charge in [-0.25, -0.2) is 0 Å². The van der Waals surface area contributed by atoms with Crippen molar-refractivity contribution < 1.29 is 4.79 Å². The Hall–Kier alpha value is -0.610. The third kappa shape index (κ3) is 4.94. The van der Waals surface area contributed by atoms with E-state index in [0.717, 1.165) is 39.3 Å². The van der Waals surface area contributed by atoms with Crippen molar-refractivity contribution in [2.45, 2.75) is 20.3 Å². The Morgan fingerprint density at radius 1 is 1.25 bits per heavy atom. The number of carbonyl (C=O) groups is 1. The van der Waals surface area contributed by atoms with Gasteiger partial charge in [0.1, 0.15) is 0 Å². The Labute approximate surface area is 99.0 Å². The van der Waals surface area contributed by atoms with E-state index < -0.39 is 0 Å². The maximum atomic E-state index is 11.8. The highest BCUT2D eigenvalue weighted by molar-refractivity contribution is 5.76. The second-order valence-corrected chi connectivity index (χ2v) is 5.03. The van der Waals surface area contributed by atoms with E-state index >= 15 is 0 Å². The maximum Gasteiger partial charge on any atom is 0.223 e. The first kappa shape index (κ1) is 13.5. The molecule has 0 saturated carbocycles. The number of hydrogen-bond donors (Lipinski definition) is 1. The van der Waals surface area contributed by atoms with Crippen LogP contribution in [-0.2, 0) is 4.79 Å². The number of nitrogens with zero attached hydrogens (tertiary/aromatic N) is 2. The number of hydrogen-bond acceptors (Lipinski definition) is 3. The molecule has 0 aromatic carbocycles. The van der Waals surface area contributed by atoms with E-state index in [0.29, 0.717) is 18.2 Å². The first-order valence-electron chi connectivity index (χ1n) is 6.26. The lowest BCUT2D eigenvalue weighted by molar-refractivity contribution is -0.132. The van der Waals surface area contributed by atoms with Gasteiger partial charge in [-0.3, -0.25) is 4.79 Å². The fourth-order valence-electron chi connectivity index (χ4n) is 1.80. The summed E-state index contributed by atoms with van der Waals surface area (Å²) < 4.78 is 0. The van der Waals surface area contributed by atoms with E-state index in [1.165, 1.54) is 0 Å². The zero-order valence-corrected chi connectivity index (χ0v) is 10.8. The molecule has 4 heteroatoms. The van der Waals surface area contributed by atoms with Gasteiger partial charge in [-0.15, -0.1) is 0 Å². The van der Waals surface area contributed by atoms with Gasteiger partial charge in [0.25, 0.3) is 0 Å². The summed E-state index contributed by atoms with van der Waals surface area (Å²) in [7, 11) is 2.10. The van der Waals surface area contributed by atoms with Crippen LogP contribution in [0.15, 0.2) is 0 Å². The summed E-state index contributed by atoms with van der Waals surface area (Å²) >= 11 is 0. The number of nitrogens with one attached hydrogen (secondary N) is 1. The van der Waals surface area contributed by atoms with Crippen LogP contribution in [0.3, 0.4) is 0 Å². The Morgan fingerprint density at radius 2 is 1.88 bits per heavy atom. The Kier molecular flexibility index (Phi) is 5.77. The topological polar surface area (TPSA) is 35.6 Å². The fraction of sp³-hybridized carbons (Fsp3) is 0.917. The Morgan fingerprint density at radius 3 is 2.44 bits per heavy atom. The molecule has 1 saturated heterocycles. The molecular formula is C12H25N3O. The highest BCUT2D eigenvalue weighted by atomic mass is 16.2. The summed E-state index contributed by atoms with van der Waals surface area (Å²) in [4.78, 5) is 16.1. The third-order valence-electron chi connectivity index (χ3n) is 2.92. The molecule has 0 aromatic rings. The molecule has 0 atom stereocenters. The second-order valence-electron chi connectivity index (χ2n) is 5.03. The molecule has 1 amide bonds. The van der Waals surface area contributed by atoms with Crippen molar-refractivity contribution >= 4 is 5.91 Å². The van der Waals surface area contributed by atoms with Gasteiger partial charge in [-0.2, -0.15) is 0 Å². The first-order chi connectivity index (χ1) is 7.59. The molecule has 0 bridgehead atoms. The number of piperazine rings is 1. The van der Waals surface area contributed by atoms with Crippen molar-refractivity contribution in [2.75, 3.05) is 46.3 Å². The number of rotatable bonds is 5. The quantitative estimate of drug-likeness (QED) is 0.690. The van der Waals surface area contributed by atoms with Gasteiger partial charge in [0, 0.05) is 39.1 Å². The van der Waals surface area contributed by atoms with Gasteiger partial charge in [0.15, 0.2) is 0 Å². The maximum absolute atomic E-state index is 11.8. The van der Waals surface area contributed by atoms with Gasteiger partial charge >= 0.3 is 0 Å². The smallest absolute Gasteiger partial charge is 0.223 e. The normalized spacial score (nSPS) is 18.1. The van der Waals surface area contributed by atoms with Crippen LogP contribution >= 0.6 is 0 Å². The Bertz CT molecular complexity index is 210. The lowest BCUT2D eigenvalue weighted by Crippen LogP contribution is -2.47. The molecule has 0 aliphatic carbocycles. The second kappa shape index (κ2) is 6.86. The number of carbonyl (C=O) groups excluding carboxylic acids is 1. The average Bonchev–Trinajstić information content (AvgIpc) is 2.25. The van der Waals surface area contributed by atoms with Gasteiger partial charge in [-0.05, 0) is 19.5 Å². The molecule has 0 radical (unpaired) electrons. The van der Waals surface area contributed by atoms with Crippen LogP contribution in [0, 0.1) is 5.92 Å². The van der Waals surface area contributed by atoms with E-state index in [4.69, 9.17) is 0 Å². The SMILES string of the molecule is CC(C)CNCCC(=O)N1CCN(C)CC1. The van der Waals surface area contributed by atoms with Crippen LogP contribution in [0.4, 0.5) is 0 Å². The van der Waals surface area contributed by atoms with Crippen LogP contribution in [0.25, 0.3) is 0 Å². The monoisotopic (exact) mass is 227 g/mol. The highest BCUT2D eigenvalue weighted by Crippen LogP contribution is 2.01. The van der Waals surface area contributed by atoms with E-state index in [1.54, 1.807) is 0 Å². The lowest BCUT2D eigenvalue weighted by atomic mass is 10.2. The van der Waals surface area contributed by atoms with Crippen molar-refractivity contribution in [3.8, 4) is 0 Å². The molecule has 16 heavy (non-hydrogen) atoms. The molecule has 0 aromatic heterocycles. The third-order valence-corrected chi connectivity index (χ3v) is 2.92. The lowest BCUT2D eigenvalue weighted by Gasteiger charge is -2.32. The average molecular weight is 227 g/mol. The molecule has 1 aliphatic heterocycles. The van der Waals surface area contributed by atoms with Crippen LogP contribution in [-0.4, -0.2) is 62.0 Å². The van der Waals surface area contributed by atoms with Gasteiger partial charge in [0.2, 0.25) is 5.91 Å². The molecule has 1 heterocycles. The molecule has 0 spiro atoms. The minimum absolute atomic E-state index is 0.296. The van der Waals surface area contributed by atoms with E-state index in [2.05, 4.69) is 31.1 Å². The summed E-state index contributed by atoms with van der Waals surface area (Å²) in [6, 6.07) is 0. The molecule has 0 unspecified atom stereocenters. The molecule has 4 nitrogen and oxygen atoms in total. The molecular weight excluding hydrogens is 202 g/mol. The minimum Gasteiger partial charge on any atom is -0.340 e. The van der Waals surface area contributed by atoms with Crippen molar-refractivity contribution in [2.24, 2.45) is 5.92 Å². The van der Waals surface area contributed by atoms with Crippen LogP contribution in [0.1, 0.15) is 20.3 Å². The standard InChI is InChI=1S/C12H25N3O/c1-11(2)10-13-5-4-12(16)15-8-6-14(3)7-9-15/h11,13H,4-10H2,1-3H3. The predicted octanol–water partition coefficient (Wildman–Crippen LogP) is 0.396. The minimum atomic E-state index is 0.296.